The van der Waals surface area contributed by atoms with E-state index in [1.165, 1.54) is 5.56 Å². The Bertz CT molecular complexity index is 982. The molecular weight excluding hydrogens is 426 g/mol. The number of fused-ring (bicyclic) bond motifs is 1. The van der Waals surface area contributed by atoms with Crippen LogP contribution in [0, 0.1) is 0 Å². The van der Waals surface area contributed by atoms with Crippen molar-refractivity contribution in [1.29, 1.82) is 0 Å². The molecule has 0 bridgehead atoms. The monoisotopic (exact) mass is 447 g/mol. The standard InChI is InChI=1S/C20H22BrN3O2S/c1-23(20-18-7-2-3-8-19(18)27(25,26)22-20)17-9-11-24(12-10-17)14-15-5-4-6-16(21)13-15/h2-8,13,17H,9-12,14H2,1H3. The van der Waals surface area contributed by atoms with Crippen LogP contribution in [0.25, 0.3) is 0 Å². The van der Waals surface area contributed by atoms with Crippen LogP contribution in [0.4, 0.5) is 0 Å². The first-order valence-electron chi connectivity index (χ1n) is 9.08. The molecule has 5 nitrogen and oxygen atoms in total. The third kappa shape index (κ3) is 3.81. The van der Waals surface area contributed by atoms with Crippen LogP contribution in [-0.2, 0) is 16.6 Å². The first-order chi connectivity index (χ1) is 12.9. The number of rotatable bonds is 3. The summed E-state index contributed by atoms with van der Waals surface area (Å²) in [5.41, 5.74) is 2.02. The number of sulfonamides is 1. The van der Waals surface area contributed by atoms with Gasteiger partial charge in [0.1, 0.15) is 4.90 Å². The summed E-state index contributed by atoms with van der Waals surface area (Å²) in [6, 6.07) is 15.8. The molecule has 2 aliphatic rings. The topological polar surface area (TPSA) is 53.0 Å². The molecule has 2 aromatic carbocycles. The van der Waals surface area contributed by atoms with E-state index in [1.54, 1.807) is 12.1 Å². The molecule has 4 rings (SSSR count). The first kappa shape index (κ1) is 18.7. The lowest BCUT2D eigenvalue weighted by Gasteiger charge is -2.37. The first-order valence-corrected chi connectivity index (χ1v) is 11.3. The fourth-order valence-electron chi connectivity index (χ4n) is 3.87. The number of amidine groups is 1. The summed E-state index contributed by atoms with van der Waals surface area (Å²) in [5.74, 6) is 0.580. The minimum absolute atomic E-state index is 0.295. The zero-order valence-electron chi connectivity index (χ0n) is 15.2. The van der Waals surface area contributed by atoms with Crippen LogP contribution in [0.3, 0.4) is 0 Å². The van der Waals surface area contributed by atoms with Crippen LogP contribution in [0.15, 0.2) is 62.3 Å². The highest BCUT2D eigenvalue weighted by Crippen LogP contribution is 2.29. The third-order valence-corrected chi connectivity index (χ3v) is 7.16. The van der Waals surface area contributed by atoms with Crippen molar-refractivity contribution in [2.75, 3.05) is 20.1 Å². The average molecular weight is 448 g/mol. The highest BCUT2D eigenvalue weighted by atomic mass is 79.9. The molecule has 1 fully saturated rings. The number of benzene rings is 2. The molecule has 27 heavy (non-hydrogen) atoms. The van der Waals surface area contributed by atoms with Gasteiger partial charge < -0.3 is 4.90 Å². The molecule has 0 saturated carbocycles. The lowest BCUT2D eigenvalue weighted by Crippen LogP contribution is -2.45. The van der Waals surface area contributed by atoms with E-state index in [2.05, 4.69) is 48.3 Å². The van der Waals surface area contributed by atoms with Gasteiger partial charge in [0.25, 0.3) is 10.0 Å². The van der Waals surface area contributed by atoms with Gasteiger partial charge in [0, 0.05) is 42.8 Å². The normalized spacial score (nSPS) is 19.6. The Morgan fingerprint density at radius 1 is 1.15 bits per heavy atom. The molecule has 0 amide bonds. The second kappa shape index (κ2) is 7.37. The Kier molecular flexibility index (Phi) is 5.09. The van der Waals surface area contributed by atoms with E-state index in [1.807, 2.05) is 25.2 Å². The molecule has 0 N–H and O–H groups in total. The minimum atomic E-state index is -3.56. The molecule has 0 spiro atoms. The summed E-state index contributed by atoms with van der Waals surface area (Å²) in [5, 5.41) is 0. The Labute approximate surface area is 168 Å². The van der Waals surface area contributed by atoms with E-state index in [-0.39, 0.29) is 0 Å². The molecular formula is C20H22BrN3O2S. The van der Waals surface area contributed by atoms with Crippen LogP contribution in [-0.4, -0.2) is 50.2 Å². The van der Waals surface area contributed by atoms with Crippen molar-refractivity contribution in [3.05, 3.63) is 64.1 Å². The molecule has 2 aromatic rings. The van der Waals surface area contributed by atoms with Crippen LogP contribution in [0.1, 0.15) is 24.0 Å². The van der Waals surface area contributed by atoms with Crippen molar-refractivity contribution < 1.29 is 8.42 Å². The maximum Gasteiger partial charge on any atom is 0.285 e. The number of likely N-dealkylation sites (tertiary alicyclic amines) is 1. The number of hydrogen-bond donors (Lipinski definition) is 0. The van der Waals surface area contributed by atoms with Gasteiger partial charge >= 0.3 is 0 Å². The highest BCUT2D eigenvalue weighted by molar-refractivity contribution is 9.10. The predicted octanol–water partition coefficient (Wildman–Crippen LogP) is 3.49. The summed E-state index contributed by atoms with van der Waals surface area (Å²) in [4.78, 5) is 4.83. The number of piperidine rings is 1. The third-order valence-electron chi connectivity index (χ3n) is 5.35. The Hall–Kier alpha value is -1.70. The van der Waals surface area contributed by atoms with E-state index in [4.69, 9.17) is 0 Å². The maximum absolute atomic E-state index is 12.3. The van der Waals surface area contributed by atoms with Crippen LogP contribution >= 0.6 is 15.9 Å². The molecule has 142 valence electrons. The van der Waals surface area contributed by atoms with Gasteiger partial charge in [-0.05, 0) is 42.7 Å². The number of hydrogen-bond acceptors (Lipinski definition) is 4. The SMILES string of the molecule is CN(C1=NS(=O)(=O)c2ccccc21)C1CCN(Cc2cccc(Br)c2)CC1. The molecule has 0 radical (unpaired) electrons. The average Bonchev–Trinajstić information content (AvgIpc) is 2.93. The lowest BCUT2D eigenvalue weighted by atomic mass is 10.0. The van der Waals surface area contributed by atoms with Gasteiger partial charge in [-0.2, -0.15) is 8.42 Å². The number of nitrogens with zero attached hydrogens (tertiary/aromatic N) is 3. The van der Waals surface area contributed by atoms with Gasteiger partial charge in [0.05, 0.1) is 0 Å². The van der Waals surface area contributed by atoms with E-state index in [0.717, 1.165) is 42.5 Å². The molecule has 0 unspecified atom stereocenters. The summed E-state index contributed by atoms with van der Waals surface area (Å²) in [6.07, 6.45) is 1.98. The summed E-state index contributed by atoms with van der Waals surface area (Å²) in [6.45, 7) is 2.92. The fraction of sp³-hybridized carbons (Fsp3) is 0.350. The molecule has 2 aliphatic heterocycles. The van der Waals surface area contributed by atoms with Crippen molar-refractivity contribution in [1.82, 2.24) is 9.80 Å². The Morgan fingerprint density at radius 2 is 1.89 bits per heavy atom. The Morgan fingerprint density at radius 3 is 2.63 bits per heavy atom. The molecule has 1 saturated heterocycles. The van der Waals surface area contributed by atoms with Crippen molar-refractivity contribution >= 4 is 31.8 Å². The highest BCUT2D eigenvalue weighted by Gasteiger charge is 2.33. The summed E-state index contributed by atoms with van der Waals surface area (Å²) >= 11 is 3.53. The largest absolute Gasteiger partial charge is 0.355 e. The smallest absolute Gasteiger partial charge is 0.285 e. The van der Waals surface area contributed by atoms with E-state index in [0.29, 0.717) is 16.8 Å². The van der Waals surface area contributed by atoms with Gasteiger partial charge in [-0.25, -0.2) is 0 Å². The van der Waals surface area contributed by atoms with Gasteiger partial charge in [0.15, 0.2) is 5.84 Å². The van der Waals surface area contributed by atoms with Gasteiger partial charge in [0.2, 0.25) is 0 Å². The van der Waals surface area contributed by atoms with Gasteiger partial charge in [-0.1, -0.05) is 40.2 Å². The van der Waals surface area contributed by atoms with E-state index < -0.39 is 10.0 Å². The van der Waals surface area contributed by atoms with Gasteiger partial charge in [-0.3, -0.25) is 4.90 Å². The van der Waals surface area contributed by atoms with Crippen molar-refractivity contribution in [3.8, 4) is 0 Å². The maximum atomic E-state index is 12.3. The molecule has 0 atom stereocenters. The molecule has 7 heteroatoms. The quantitative estimate of drug-likeness (QED) is 0.722. The zero-order chi connectivity index (χ0) is 19.0. The van der Waals surface area contributed by atoms with Crippen LogP contribution in [0.5, 0.6) is 0 Å². The van der Waals surface area contributed by atoms with Crippen LogP contribution < -0.4 is 0 Å². The zero-order valence-corrected chi connectivity index (χ0v) is 17.6. The minimum Gasteiger partial charge on any atom is -0.355 e. The van der Waals surface area contributed by atoms with Crippen molar-refractivity contribution in [3.63, 3.8) is 0 Å². The van der Waals surface area contributed by atoms with Crippen molar-refractivity contribution in [2.45, 2.75) is 30.3 Å². The summed E-state index contributed by atoms with van der Waals surface area (Å²) in [7, 11) is -1.60. The fourth-order valence-corrected chi connectivity index (χ4v) is 5.56. The Balaban J connectivity index is 1.43. The second-order valence-electron chi connectivity index (χ2n) is 7.13. The van der Waals surface area contributed by atoms with E-state index >= 15 is 0 Å². The number of halogens is 1. The van der Waals surface area contributed by atoms with Crippen molar-refractivity contribution in [2.24, 2.45) is 4.40 Å². The lowest BCUT2D eigenvalue weighted by molar-refractivity contribution is 0.160. The molecule has 2 heterocycles. The van der Waals surface area contributed by atoms with Crippen LogP contribution in [0.2, 0.25) is 0 Å². The molecule has 0 aromatic heterocycles. The summed E-state index contributed by atoms with van der Waals surface area (Å²) < 4.78 is 29.8. The molecule has 0 aliphatic carbocycles. The van der Waals surface area contributed by atoms with E-state index in [9.17, 15) is 8.42 Å². The second-order valence-corrected chi connectivity index (χ2v) is 9.62. The van der Waals surface area contributed by atoms with Gasteiger partial charge in [-0.15, -0.1) is 4.40 Å². The predicted molar refractivity (Wildman–Crippen MR) is 110 cm³/mol.